The molecule has 1 heterocycles. The Morgan fingerprint density at radius 2 is 1.92 bits per heavy atom. The quantitative estimate of drug-likeness (QED) is 0.693. The number of carbonyl (C=O) groups excluding carboxylic acids is 2. The third kappa shape index (κ3) is 4.65. The van der Waals surface area contributed by atoms with Gasteiger partial charge in [-0.2, -0.15) is 0 Å². The number of aromatic nitrogens is 1. The molecule has 26 heavy (non-hydrogen) atoms. The van der Waals surface area contributed by atoms with Gasteiger partial charge in [-0.05, 0) is 30.3 Å². The van der Waals surface area contributed by atoms with Crippen LogP contribution < -0.4 is 10.6 Å². The first-order valence-electron chi connectivity index (χ1n) is 7.56. The number of benzene rings is 2. The van der Waals surface area contributed by atoms with Crippen molar-refractivity contribution in [2.24, 2.45) is 0 Å². The van der Waals surface area contributed by atoms with Gasteiger partial charge in [0.05, 0.1) is 12.2 Å². The predicted molar refractivity (Wildman–Crippen MR) is 99.9 cm³/mol. The van der Waals surface area contributed by atoms with Crippen molar-refractivity contribution in [2.75, 3.05) is 11.9 Å². The standard InChI is InChI=1S/C18H13ClFN3O2S/c19-13-6-4-11(5-7-13)15-10-26-18(22-15)23-16(24)9-21-17(25)12-2-1-3-14(20)8-12/h1-8,10H,9H2,(H,21,25)(H,22,23,24). The van der Waals surface area contributed by atoms with Crippen LogP contribution in [-0.4, -0.2) is 23.3 Å². The molecule has 0 saturated heterocycles. The molecule has 2 aromatic carbocycles. The minimum absolute atomic E-state index is 0.150. The maximum atomic E-state index is 13.1. The van der Waals surface area contributed by atoms with Crippen molar-refractivity contribution in [1.29, 1.82) is 0 Å². The Kier molecular flexibility index (Phi) is 5.60. The molecular weight excluding hydrogens is 377 g/mol. The van der Waals surface area contributed by atoms with Crippen LogP contribution in [0.4, 0.5) is 9.52 Å². The summed E-state index contributed by atoms with van der Waals surface area (Å²) in [5, 5.41) is 7.91. The van der Waals surface area contributed by atoms with E-state index in [0.717, 1.165) is 11.6 Å². The molecule has 0 radical (unpaired) electrons. The molecule has 0 atom stereocenters. The maximum absolute atomic E-state index is 13.1. The molecule has 3 aromatic rings. The van der Waals surface area contributed by atoms with Gasteiger partial charge in [0.1, 0.15) is 5.82 Å². The highest BCUT2D eigenvalue weighted by atomic mass is 35.5. The van der Waals surface area contributed by atoms with E-state index in [1.807, 2.05) is 17.5 Å². The molecule has 0 aliphatic carbocycles. The summed E-state index contributed by atoms with van der Waals surface area (Å²) >= 11 is 7.13. The molecule has 1 aromatic heterocycles. The summed E-state index contributed by atoms with van der Waals surface area (Å²) < 4.78 is 13.1. The van der Waals surface area contributed by atoms with Crippen molar-refractivity contribution in [3.8, 4) is 11.3 Å². The van der Waals surface area contributed by atoms with E-state index in [4.69, 9.17) is 11.6 Å². The number of rotatable bonds is 5. The Morgan fingerprint density at radius 1 is 1.15 bits per heavy atom. The fraction of sp³-hybridized carbons (Fsp3) is 0.0556. The molecule has 132 valence electrons. The summed E-state index contributed by atoms with van der Waals surface area (Å²) in [4.78, 5) is 28.2. The van der Waals surface area contributed by atoms with Gasteiger partial charge in [-0.1, -0.05) is 29.8 Å². The third-order valence-corrected chi connectivity index (χ3v) is 4.40. The van der Waals surface area contributed by atoms with Crippen LogP contribution in [0.1, 0.15) is 10.4 Å². The molecule has 0 unspecified atom stereocenters. The monoisotopic (exact) mass is 389 g/mol. The Labute approximate surface area is 157 Å². The average molecular weight is 390 g/mol. The van der Waals surface area contributed by atoms with Crippen molar-refractivity contribution < 1.29 is 14.0 Å². The minimum Gasteiger partial charge on any atom is -0.343 e. The van der Waals surface area contributed by atoms with Crippen LogP contribution in [0.25, 0.3) is 11.3 Å². The number of thiazole rings is 1. The second-order valence-corrected chi connectivity index (χ2v) is 6.58. The number of nitrogens with zero attached hydrogens (tertiary/aromatic N) is 1. The van der Waals surface area contributed by atoms with Gasteiger partial charge in [-0.15, -0.1) is 11.3 Å². The topological polar surface area (TPSA) is 71.1 Å². The van der Waals surface area contributed by atoms with Crippen LogP contribution in [0.15, 0.2) is 53.9 Å². The van der Waals surface area contributed by atoms with Gasteiger partial charge >= 0.3 is 0 Å². The Balaban J connectivity index is 1.55. The number of nitrogens with one attached hydrogen (secondary N) is 2. The van der Waals surface area contributed by atoms with E-state index in [1.54, 1.807) is 12.1 Å². The second kappa shape index (κ2) is 8.07. The van der Waals surface area contributed by atoms with Gasteiger partial charge in [0.2, 0.25) is 5.91 Å². The molecule has 0 fully saturated rings. The van der Waals surface area contributed by atoms with Crippen LogP contribution in [0.2, 0.25) is 5.02 Å². The highest BCUT2D eigenvalue weighted by Crippen LogP contribution is 2.25. The summed E-state index contributed by atoms with van der Waals surface area (Å²) in [6.45, 7) is -0.245. The van der Waals surface area contributed by atoms with Crippen molar-refractivity contribution in [2.45, 2.75) is 0 Å². The minimum atomic E-state index is -0.527. The van der Waals surface area contributed by atoms with Crippen molar-refractivity contribution in [1.82, 2.24) is 10.3 Å². The first-order chi connectivity index (χ1) is 12.5. The summed E-state index contributed by atoms with van der Waals surface area (Å²) in [5.74, 6) is -1.47. The second-order valence-electron chi connectivity index (χ2n) is 5.29. The van der Waals surface area contributed by atoms with Crippen LogP contribution >= 0.6 is 22.9 Å². The number of amides is 2. The molecule has 2 amide bonds. The number of anilines is 1. The van der Waals surface area contributed by atoms with Gasteiger partial charge in [0.25, 0.3) is 5.91 Å². The van der Waals surface area contributed by atoms with Crippen molar-refractivity contribution >= 4 is 39.9 Å². The fourth-order valence-corrected chi connectivity index (χ4v) is 3.00. The molecular formula is C18H13ClFN3O2S. The summed E-state index contributed by atoms with van der Waals surface area (Å²) in [6.07, 6.45) is 0. The molecule has 3 rings (SSSR count). The molecule has 8 heteroatoms. The number of carbonyl (C=O) groups is 2. The summed E-state index contributed by atoms with van der Waals surface area (Å²) in [5.41, 5.74) is 1.74. The maximum Gasteiger partial charge on any atom is 0.251 e. The molecule has 2 N–H and O–H groups in total. The zero-order valence-corrected chi connectivity index (χ0v) is 14.9. The highest BCUT2D eigenvalue weighted by molar-refractivity contribution is 7.14. The van der Waals surface area contributed by atoms with Crippen LogP contribution in [-0.2, 0) is 4.79 Å². The van der Waals surface area contributed by atoms with E-state index < -0.39 is 17.6 Å². The van der Waals surface area contributed by atoms with Crippen LogP contribution in [0, 0.1) is 5.82 Å². The fourth-order valence-electron chi connectivity index (χ4n) is 2.14. The van der Waals surface area contributed by atoms with Gasteiger partial charge in [-0.25, -0.2) is 9.37 Å². The van der Waals surface area contributed by atoms with Gasteiger partial charge in [0, 0.05) is 21.5 Å². The lowest BCUT2D eigenvalue weighted by Crippen LogP contribution is -2.32. The lowest BCUT2D eigenvalue weighted by molar-refractivity contribution is -0.115. The Bertz CT molecular complexity index is 944. The number of hydrogen-bond acceptors (Lipinski definition) is 4. The normalized spacial score (nSPS) is 10.4. The number of hydrogen-bond donors (Lipinski definition) is 2. The van der Waals surface area contributed by atoms with Crippen molar-refractivity contribution in [3.63, 3.8) is 0 Å². The van der Waals surface area contributed by atoms with Gasteiger partial charge in [0.15, 0.2) is 5.13 Å². The zero-order chi connectivity index (χ0) is 18.5. The molecule has 0 saturated carbocycles. The molecule has 0 spiro atoms. The van der Waals surface area contributed by atoms with E-state index in [9.17, 15) is 14.0 Å². The van der Waals surface area contributed by atoms with E-state index in [0.29, 0.717) is 15.8 Å². The first kappa shape index (κ1) is 18.0. The highest BCUT2D eigenvalue weighted by Gasteiger charge is 2.11. The SMILES string of the molecule is O=C(CNC(=O)c1cccc(F)c1)Nc1nc(-c2ccc(Cl)cc2)cs1. The number of halogens is 2. The molecule has 5 nitrogen and oxygen atoms in total. The average Bonchev–Trinajstić information content (AvgIpc) is 3.08. The zero-order valence-electron chi connectivity index (χ0n) is 13.3. The lowest BCUT2D eigenvalue weighted by atomic mass is 10.2. The van der Waals surface area contributed by atoms with Gasteiger partial charge < -0.3 is 10.6 Å². The molecule has 0 aliphatic rings. The van der Waals surface area contributed by atoms with Crippen LogP contribution in [0.3, 0.4) is 0 Å². The largest absolute Gasteiger partial charge is 0.343 e. The van der Waals surface area contributed by atoms with Crippen LogP contribution in [0.5, 0.6) is 0 Å². The lowest BCUT2D eigenvalue weighted by Gasteiger charge is -2.05. The van der Waals surface area contributed by atoms with E-state index in [-0.39, 0.29) is 12.1 Å². The van der Waals surface area contributed by atoms with E-state index in [2.05, 4.69) is 15.6 Å². The third-order valence-electron chi connectivity index (χ3n) is 3.39. The smallest absolute Gasteiger partial charge is 0.251 e. The molecule has 0 aliphatic heterocycles. The predicted octanol–water partition coefficient (Wildman–Crippen LogP) is 3.97. The first-order valence-corrected chi connectivity index (χ1v) is 8.82. The Morgan fingerprint density at radius 3 is 2.65 bits per heavy atom. The van der Waals surface area contributed by atoms with E-state index >= 15 is 0 Å². The van der Waals surface area contributed by atoms with Gasteiger partial charge in [-0.3, -0.25) is 9.59 Å². The summed E-state index contributed by atoms with van der Waals surface area (Å²) in [6, 6.07) is 12.4. The Hall–Kier alpha value is -2.77. The summed E-state index contributed by atoms with van der Waals surface area (Å²) in [7, 11) is 0. The van der Waals surface area contributed by atoms with Crippen molar-refractivity contribution in [3.05, 3.63) is 70.3 Å². The van der Waals surface area contributed by atoms with E-state index in [1.165, 1.54) is 29.5 Å². The molecule has 0 bridgehead atoms.